The average Bonchev–Trinajstić information content (AvgIpc) is 2.77. The van der Waals surface area contributed by atoms with Crippen molar-refractivity contribution in [1.82, 2.24) is 0 Å². The highest BCUT2D eigenvalue weighted by Crippen LogP contribution is 2.33. The highest BCUT2D eigenvalue weighted by molar-refractivity contribution is 7.12. The first kappa shape index (κ1) is 12.8. The number of carbonyl (C=O) groups excluding carboxylic acids is 1. The van der Waals surface area contributed by atoms with E-state index < -0.39 is 5.97 Å². The Morgan fingerprint density at radius 3 is 2.56 bits per heavy atom. The van der Waals surface area contributed by atoms with Gasteiger partial charge in [0.1, 0.15) is 0 Å². The minimum absolute atomic E-state index is 0.0867. The van der Waals surface area contributed by atoms with Gasteiger partial charge in [0.25, 0.3) is 0 Å². The fraction of sp³-hybridized carbons (Fsp3) is 0.0769. The first-order valence-corrected chi connectivity index (χ1v) is 6.38. The molecule has 0 fully saturated rings. The molecule has 0 aliphatic rings. The van der Waals surface area contributed by atoms with Crippen LogP contribution in [0.3, 0.4) is 0 Å². The molecular weight excluding hydrogens is 272 g/mol. The van der Waals surface area contributed by atoms with Crippen LogP contribution in [0.2, 0.25) is 5.02 Å². The molecule has 2 rings (SSSR count). The number of thiophene rings is 1. The lowest BCUT2D eigenvalue weighted by atomic mass is 9.99. The van der Waals surface area contributed by atoms with Crippen LogP contribution in [0.5, 0.6) is 0 Å². The van der Waals surface area contributed by atoms with E-state index in [1.54, 1.807) is 17.5 Å². The van der Waals surface area contributed by atoms with Crippen molar-refractivity contribution in [3.05, 3.63) is 45.1 Å². The molecule has 0 aliphatic heterocycles. The van der Waals surface area contributed by atoms with Crippen molar-refractivity contribution < 1.29 is 14.7 Å². The summed E-state index contributed by atoms with van der Waals surface area (Å²) in [6.45, 7) is 1.46. The highest BCUT2D eigenvalue weighted by atomic mass is 35.5. The van der Waals surface area contributed by atoms with Crippen molar-refractivity contribution in [2.75, 3.05) is 0 Å². The van der Waals surface area contributed by atoms with Gasteiger partial charge in [0.15, 0.2) is 5.78 Å². The molecule has 1 aromatic heterocycles. The second kappa shape index (κ2) is 4.92. The second-order valence-electron chi connectivity index (χ2n) is 3.71. The summed E-state index contributed by atoms with van der Waals surface area (Å²) in [5.74, 6) is -1.13. The van der Waals surface area contributed by atoms with Crippen molar-refractivity contribution >= 4 is 34.7 Å². The number of rotatable bonds is 3. The van der Waals surface area contributed by atoms with E-state index in [0.717, 1.165) is 0 Å². The Morgan fingerprint density at radius 1 is 1.22 bits per heavy atom. The Labute approximate surface area is 113 Å². The zero-order chi connectivity index (χ0) is 13.3. The van der Waals surface area contributed by atoms with E-state index >= 15 is 0 Å². The zero-order valence-electron chi connectivity index (χ0n) is 9.44. The van der Waals surface area contributed by atoms with Gasteiger partial charge in [-0.15, -0.1) is 11.3 Å². The monoisotopic (exact) mass is 280 g/mol. The molecule has 0 amide bonds. The molecule has 2 aromatic rings. The molecule has 5 heteroatoms. The van der Waals surface area contributed by atoms with Gasteiger partial charge in [-0.25, -0.2) is 4.79 Å². The number of benzene rings is 1. The number of ketones is 1. The van der Waals surface area contributed by atoms with Crippen LogP contribution in [0.25, 0.3) is 11.1 Å². The van der Waals surface area contributed by atoms with Crippen LogP contribution in [0, 0.1) is 0 Å². The van der Waals surface area contributed by atoms with E-state index in [0.29, 0.717) is 21.0 Å². The van der Waals surface area contributed by atoms with Crippen molar-refractivity contribution in [3.63, 3.8) is 0 Å². The molecule has 0 atom stereocenters. The van der Waals surface area contributed by atoms with Gasteiger partial charge in [0, 0.05) is 10.6 Å². The van der Waals surface area contributed by atoms with E-state index in [1.165, 1.54) is 30.4 Å². The van der Waals surface area contributed by atoms with E-state index in [1.807, 2.05) is 0 Å². The third-order valence-corrected chi connectivity index (χ3v) is 3.74. The van der Waals surface area contributed by atoms with Gasteiger partial charge < -0.3 is 5.11 Å². The van der Waals surface area contributed by atoms with Crippen LogP contribution in [0.15, 0.2) is 29.6 Å². The van der Waals surface area contributed by atoms with Crippen molar-refractivity contribution in [3.8, 4) is 11.1 Å². The number of hydrogen-bond acceptors (Lipinski definition) is 3. The molecule has 1 heterocycles. The third-order valence-electron chi connectivity index (χ3n) is 2.49. The fourth-order valence-electron chi connectivity index (χ4n) is 1.72. The maximum atomic E-state index is 11.5. The average molecular weight is 281 g/mol. The van der Waals surface area contributed by atoms with Gasteiger partial charge in [0.2, 0.25) is 0 Å². The molecule has 1 aromatic carbocycles. The SMILES string of the molecule is CC(=O)c1sccc1-c1cc(Cl)ccc1C(=O)O. The molecule has 0 unspecified atom stereocenters. The quantitative estimate of drug-likeness (QED) is 0.866. The summed E-state index contributed by atoms with van der Waals surface area (Å²) in [5, 5.41) is 11.4. The summed E-state index contributed by atoms with van der Waals surface area (Å²) in [4.78, 5) is 23.2. The largest absolute Gasteiger partial charge is 0.478 e. The van der Waals surface area contributed by atoms with Crippen LogP contribution in [0.4, 0.5) is 0 Å². The Balaban J connectivity index is 2.69. The zero-order valence-corrected chi connectivity index (χ0v) is 11.0. The summed E-state index contributed by atoms with van der Waals surface area (Å²) in [5.41, 5.74) is 1.23. The maximum absolute atomic E-state index is 11.5. The molecule has 0 saturated heterocycles. The molecule has 0 aliphatic carbocycles. The van der Waals surface area contributed by atoms with Gasteiger partial charge in [0.05, 0.1) is 10.4 Å². The highest BCUT2D eigenvalue weighted by Gasteiger charge is 2.17. The van der Waals surface area contributed by atoms with Crippen LogP contribution in [0.1, 0.15) is 27.0 Å². The number of halogens is 1. The minimum atomic E-state index is -1.04. The van der Waals surface area contributed by atoms with Crippen LogP contribution < -0.4 is 0 Å². The van der Waals surface area contributed by atoms with Gasteiger partial charge in [-0.3, -0.25) is 4.79 Å². The summed E-state index contributed by atoms with van der Waals surface area (Å²) in [7, 11) is 0. The predicted molar refractivity (Wildman–Crippen MR) is 71.7 cm³/mol. The molecule has 1 N–H and O–H groups in total. The summed E-state index contributed by atoms with van der Waals surface area (Å²) >= 11 is 7.19. The topological polar surface area (TPSA) is 54.4 Å². The molecular formula is C13H9ClO3S. The van der Waals surface area contributed by atoms with Crippen LogP contribution >= 0.6 is 22.9 Å². The second-order valence-corrected chi connectivity index (χ2v) is 5.07. The van der Waals surface area contributed by atoms with E-state index in [2.05, 4.69) is 0 Å². The number of Topliss-reactive ketones (excluding diaryl/α,β-unsaturated/α-hetero) is 1. The lowest BCUT2D eigenvalue weighted by Crippen LogP contribution is -2.01. The Kier molecular flexibility index (Phi) is 3.50. The van der Waals surface area contributed by atoms with Gasteiger partial charge in [-0.2, -0.15) is 0 Å². The molecule has 3 nitrogen and oxygen atoms in total. The smallest absolute Gasteiger partial charge is 0.336 e. The van der Waals surface area contributed by atoms with Crippen LogP contribution in [-0.4, -0.2) is 16.9 Å². The first-order chi connectivity index (χ1) is 8.50. The molecule has 0 radical (unpaired) electrons. The molecule has 0 bridgehead atoms. The summed E-state index contributed by atoms with van der Waals surface area (Å²) in [6.07, 6.45) is 0. The standard InChI is InChI=1S/C13H9ClO3S/c1-7(15)12-9(4-5-18-12)11-6-8(14)2-3-10(11)13(16)17/h2-6H,1H3,(H,16,17). The molecule has 92 valence electrons. The normalized spacial score (nSPS) is 10.3. The Hall–Kier alpha value is -1.65. The Bertz CT molecular complexity index is 631. The van der Waals surface area contributed by atoms with Crippen molar-refractivity contribution in [2.24, 2.45) is 0 Å². The summed E-state index contributed by atoms with van der Waals surface area (Å²) in [6, 6.07) is 6.27. The summed E-state index contributed by atoms with van der Waals surface area (Å²) < 4.78 is 0. The van der Waals surface area contributed by atoms with E-state index in [-0.39, 0.29) is 11.3 Å². The maximum Gasteiger partial charge on any atom is 0.336 e. The van der Waals surface area contributed by atoms with Gasteiger partial charge in [-0.1, -0.05) is 11.6 Å². The lowest BCUT2D eigenvalue weighted by molar-refractivity contribution is 0.0697. The number of carboxylic acids is 1. The third kappa shape index (κ3) is 2.30. The van der Waals surface area contributed by atoms with Crippen molar-refractivity contribution in [1.29, 1.82) is 0 Å². The lowest BCUT2D eigenvalue weighted by Gasteiger charge is -2.06. The van der Waals surface area contributed by atoms with Crippen LogP contribution in [-0.2, 0) is 0 Å². The predicted octanol–water partition coefficient (Wildman–Crippen LogP) is 3.97. The van der Waals surface area contributed by atoms with Crippen molar-refractivity contribution in [2.45, 2.75) is 6.92 Å². The minimum Gasteiger partial charge on any atom is -0.478 e. The van der Waals surface area contributed by atoms with E-state index in [9.17, 15) is 9.59 Å². The number of hydrogen-bond donors (Lipinski definition) is 1. The fourth-order valence-corrected chi connectivity index (χ4v) is 2.70. The Morgan fingerprint density at radius 2 is 1.94 bits per heavy atom. The molecule has 0 spiro atoms. The van der Waals surface area contributed by atoms with Gasteiger partial charge in [-0.05, 0) is 42.1 Å². The number of carboxylic acid groups (broad SMARTS) is 1. The molecule has 18 heavy (non-hydrogen) atoms. The number of carbonyl (C=O) groups is 2. The van der Waals surface area contributed by atoms with Gasteiger partial charge >= 0.3 is 5.97 Å². The molecule has 0 saturated carbocycles. The first-order valence-electron chi connectivity index (χ1n) is 5.12. The van der Waals surface area contributed by atoms with E-state index in [4.69, 9.17) is 16.7 Å². The number of aromatic carboxylic acids is 1.